The maximum absolute atomic E-state index is 14.6. The first-order valence-corrected chi connectivity index (χ1v) is 12.5. The van der Waals surface area contributed by atoms with E-state index in [2.05, 4.69) is 36.5 Å². The maximum Gasteiger partial charge on any atom is 0.256 e. The zero-order chi connectivity index (χ0) is 26.8. The van der Waals surface area contributed by atoms with Crippen molar-refractivity contribution in [3.8, 4) is 0 Å². The van der Waals surface area contributed by atoms with Crippen molar-refractivity contribution < 1.29 is 18.8 Å². The third-order valence-electron chi connectivity index (χ3n) is 6.34. The van der Waals surface area contributed by atoms with Crippen molar-refractivity contribution in [3.63, 3.8) is 0 Å². The van der Waals surface area contributed by atoms with Gasteiger partial charge in [0.1, 0.15) is 11.0 Å². The molecule has 1 aliphatic rings. The fourth-order valence-electron chi connectivity index (χ4n) is 4.68. The first kappa shape index (κ1) is 27.6. The van der Waals surface area contributed by atoms with Gasteiger partial charge in [-0.05, 0) is 43.7 Å². The molecule has 1 aromatic carbocycles. The van der Waals surface area contributed by atoms with E-state index < -0.39 is 5.82 Å². The lowest BCUT2D eigenvalue weighted by atomic mass is 9.82. The number of carbonyl (C=O) groups excluding carboxylic acids is 3. The first-order chi connectivity index (χ1) is 16.8. The summed E-state index contributed by atoms with van der Waals surface area (Å²) in [5.41, 5.74) is 1.40. The molecule has 36 heavy (non-hydrogen) atoms. The number of aromatic nitrogens is 2. The minimum Gasteiger partial charge on any atom is -0.352 e. The van der Waals surface area contributed by atoms with Crippen LogP contribution < -0.4 is 10.6 Å². The average molecular weight is 520 g/mol. The molecule has 0 aliphatic carbocycles. The standard InChI is InChI=1S/C26H35ClFN5O3/c1-7-33-23(27)22(15(2)31-33)24(35)30-21-14-32(13-19(21)11-26(4,5)6)25(36)17-8-9-18(20(28)10-17)12-29-16(3)34/h8-10,19,21H,7,11-14H2,1-6H3,(H,29,34)(H,30,35)/t19-,21-/m1/s1. The highest BCUT2D eigenvalue weighted by atomic mass is 35.5. The highest BCUT2D eigenvalue weighted by Crippen LogP contribution is 2.32. The Labute approximate surface area is 216 Å². The van der Waals surface area contributed by atoms with E-state index in [-0.39, 0.29) is 47.2 Å². The van der Waals surface area contributed by atoms with Gasteiger partial charge in [0.05, 0.1) is 17.3 Å². The van der Waals surface area contributed by atoms with Gasteiger partial charge in [0.25, 0.3) is 11.8 Å². The summed E-state index contributed by atoms with van der Waals surface area (Å²) in [5, 5.41) is 10.3. The monoisotopic (exact) mass is 519 g/mol. The molecular weight excluding hydrogens is 485 g/mol. The van der Waals surface area contributed by atoms with Gasteiger partial charge in [0.15, 0.2) is 0 Å². The van der Waals surface area contributed by atoms with Crippen molar-refractivity contribution in [2.24, 2.45) is 11.3 Å². The van der Waals surface area contributed by atoms with Crippen molar-refractivity contribution >= 4 is 29.3 Å². The van der Waals surface area contributed by atoms with Crippen LogP contribution in [0.1, 0.15) is 73.0 Å². The van der Waals surface area contributed by atoms with Crippen molar-refractivity contribution in [2.75, 3.05) is 13.1 Å². The normalized spacial score (nSPS) is 17.8. The maximum atomic E-state index is 14.6. The molecule has 1 aliphatic heterocycles. The second-order valence-corrected chi connectivity index (χ2v) is 11.0. The van der Waals surface area contributed by atoms with Gasteiger partial charge >= 0.3 is 0 Å². The molecule has 2 atom stereocenters. The van der Waals surface area contributed by atoms with Crippen LogP contribution in [0.15, 0.2) is 18.2 Å². The Hall–Kier alpha value is -2.94. The molecule has 2 aromatic rings. The SMILES string of the molecule is CCn1nc(C)c(C(=O)N[C@@H]2CN(C(=O)c3ccc(CNC(C)=O)c(F)c3)C[C@H]2CC(C)(C)C)c1Cl. The largest absolute Gasteiger partial charge is 0.352 e. The summed E-state index contributed by atoms with van der Waals surface area (Å²) >= 11 is 6.40. The van der Waals surface area contributed by atoms with Crippen LogP contribution in [-0.4, -0.2) is 51.5 Å². The van der Waals surface area contributed by atoms with Crippen LogP contribution in [0.25, 0.3) is 0 Å². The Bertz CT molecular complexity index is 1160. The Morgan fingerprint density at radius 1 is 1.22 bits per heavy atom. The minimum atomic E-state index is -0.553. The lowest BCUT2D eigenvalue weighted by molar-refractivity contribution is -0.119. The van der Waals surface area contributed by atoms with Crippen LogP contribution >= 0.6 is 11.6 Å². The summed E-state index contributed by atoms with van der Waals surface area (Å²) in [6.07, 6.45) is 0.784. The number of likely N-dealkylation sites (tertiary alicyclic amines) is 1. The molecule has 2 heterocycles. The zero-order valence-corrected chi connectivity index (χ0v) is 22.5. The number of hydrogen-bond donors (Lipinski definition) is 2. The summed E-state index contributed by atoms with van der Waals surface area (Å²) < 4.78 is 16.2. The number of aryl methyl sites for hydroxylation is 2. The molecular formula is C26H35ClFN5O3. The van der Waals surface area contributed by atoms with E-state index in [9.17, 15) is 18.8 Å². The molecule has 10 heteroatoms. The molecule has 0 saturated carbocycles. The molecule has 0 spiro atoms. The number of carbonyl (C=O) groups is 3. The van der Waals surface area contributed by atoms with Gasteiger partial charge in [-0.2, -0.15) is 5.10 Å². The first-order valence-electron chi connectivity index (χ1n) is 12.2. The van der Waals surface area contributed by atoms with Gasteiger partial charge in [0, 0.05) is 44.2 Å². The Morgan fingerprint density at radius 3 is 2.47 bits per heavy atom. The quantitative estimate of drug-likeness (QED) is 0.579. The molecule has 1 fully saturated rings. The minimum absolute atomic E-state index is 0.0158. The van der Waals surface area contributed by atoms with E-state index in [1.807, 2.05) is 6.92 Å². The van der Waals surface area contributed by atoms with Crippen LogP contribution in [-0.2, 0) is 17.9 Å². The summed E-state index contributed by atoms with van der Waals surface area (Å²) in [7, 11) is 0. The van der Waals surface area contributed by atoms with Crippen LogP contribution in [0.4, 0.5) is 4.39 Å². The highest BCUT2D eigenvalue weighted by molar-refractivity contribution is 6.33. The topological polar surface area (TPSA) is 96.3 Å². The van der Waals surface area contributed by atoms with Crippen LogP contribution in [0, 0.1) is 24.1 Å². The number of hydrogen-bond acceptors (Lipinski definition) is 4. The second kappa shape index (κ2) is 11.0. The van der Waals surface area contributed by atoms with E-state index in [1.54, 1.807) is 22.6 Å². The van der Waals surface area contributed by atoms with E-state index in [0.29, 0.717) is 41.6 Å². The number of halogens is 2. The summed E-state index contributed by atoms with van der Waals surface area (Å²) in [5.74, 6) is -1.42. The molecule has 3 rings (SSSR count). The van der Waals surface area contributed by atoms with Gasteiger partial charge in [-0.3, -0.25) is 19.1 Å². The Morgan fingerprint density at radius 2 is 1.92 bits per heavy atom. The fourth-order valence-corrected chi connectivity index (χ4v) is 5.06. The third kappa shape index (κ3) is 6.43. The number of nitrogens with one attached hydrogen (secondary N) is 2. The lowest BCUT2D eigenvalue weighted by Gasteiger charge is -2.27. The predicted molar refractivity (Wildman–Crippen MR) is 136 cm³/mol. The molecule has 0 unspecified atom stereocenters. The Kier molecular flexibility index (Phi) is 8.44. The zero-order valence-electron chi connectivity index (χ0n) is 21.7. The third-order valence-corrected chi connectivity index (χ3v) is 6.72. The van der Waals surface area contributed by atoms with E-state index in [0.717, 1.165) is 6.42 Å². The Balaban J connectivity index is 1.79. The highest BCUT2D eigenvalue weighted by Gasteiger charge is 2.39. The van der Waals surface area contributed by atoms with Gasteiger partial charge in [0.2, 0.25) is 5.91 Å². The lowest BCUT2D eigenvalue weighted by Crippen LogP contribution is -2.42. The molecule has 8 nitrogen and oxygen atoms in total. The van der Waals surface area contributed by atoms with E-state index >= 15 is 0 Å². The molecule has 1 aromatic heterocycles. The predicted octanol–water partition coefficient (Wildman–Crippen LogP) is 3.95. The van der Waals surface area contributed by atoms with Crippen molar-refractivity contribution in [1.29, 1.82) is 0 Å². The summed E-state index contributed by atoms with van der Waals surface area (Å²) in [6.45, 7) is 12.7. The number of nitrogens with zero attached hydrogens (tertiary/aromatic N) is 3. The average Bonchev–Trinajstić information content (AvgIpc) is 3.29. The van der Waals surface area contributed by atoms with E-state index in [1.165, 1.54) is 19.1 Å². The molecule has 1 saturated heterocycles. The molecule has 3 amide bonds. The van der Waals surface area contributed by atoms with Crippen LogP contribution in [0.2, 0.25) is 5.15 Å². The van der Waals surface area contributed by atoms with Gasteiger partial charge in [-0.15, -0.1) is 0 Å². The van der Waals surface area contributed by atoms with Crippen molar-refractivity contribution in [2.45, 2.75) is 67.1 Å². The summed E-state index contributed by atoms with van der Waals surface area (Å²) in [6, 6.07) is 3.99. The smallest absolute Gasteiger partial charge is 0.256 e. The number of rotatable bonds is 7. The van der Waals surface area contributed by atoms with Gasteiger partial charge < -0.3 is 15.5 Å². The number of benzene rings is 1. The van der Waals surface area contributed by atoms with Crippen molar-refractivity contribution in [1.82, 2.24) is 25.3 Å². The summed E-state index contributed by atoms with van der Waals surface area (Å²) in [4.78, 5) is 39.3. The number of amides is 3. The fraction of sp³-hybridized carbons (Fsp3) is 0.538. The molecule has 2 N–H and O–H groups in total. The van der Waals surface area contributed by atoms with Crippen LogP contribution in [0.5, 0.6) is 0 Å². The van der Waals surface area contributed by atoms with Gasteiger partial charge in [-0.1, -0.05) is 38.4 Å². The van der Waals surface area contributed by atoms with E-state index in [4.69, 9.17) is 11.6 Å². The molecule has 0 bridgehead atoms. The van der Waals surface area contributed by atoms with Gasteiger partial charge in [-0.25, -0.2) is 4.39 Å². The molecule has 0 radical (unpaired) electrons. The van der Waals surface area contributed by atoms with Crippen molar-refractivity contribution in [3.05, 3.63) is 51.6 Å². The van der Waals surface area contributed by atoms with Crippen LogP contribution in [0.3, 0.4) is 0 Å². The second-order valence-electron chi connectivity index (χ2n) is 10.6. The molecule has 196 valence electrons.